The number of amides is 1. The molecule has 0 saturated carbocycles. The van der Waals surface area contributed by atoms with Gasteiger partial charge in [-0.25, -0.2) is 0 Å². The topological polar surface area (TPSA) is 70.4 Å². The molecule has 0 unspecified atom stereocenters. The van der Waals surface area contributed by atoms with Gasteiger partial charge in [0.15, 0.2) is 10.2 Å². The number of aryl methyl sites for hydroxylation is 2. The van der Waals surface area contributed by atoms with Crippen molar-refractivity contribution < 1.29 is 9.21 Å². The number of nitrogens with zero attached hydrogens (tertiary/aromatic N) is 2. The van der Waals surface area contributed by atoms with Crippen molar-refractivity contribution in [2.75, 3.05) is 10.2 Å². The summed E-state index contributed by atoms with van der Waals surface area (Å²) in [6.07, 6.45) is 1.79. The Hall–Kier alpha value is -3.62. The first-order valence-electron chi connectivity index (χ1n) is 12.6. The first-order valence-corrected chi connectivity index (χ1v) is 13.8. The molecule has 2 aromatic carbocycles. The van der Waals surface area contributed by atoms with Crippen molar-refractivity contribution in [2.45, 2.75) is 49.8 Å². The molecule has 1 saturated heterocycles. The fourth-order valence-corrected chi connectivity index (χ4v) is 5.53. The lowest BCUT2D eigenvalue weighted by Crippen LogP contribution is -2.29. The number of aromatic nitrogens is 1. The molecule has 8 heteroatoms. The number of benzene rings is 2. The molecule has 0 spiro atoms. The molecule has 2 atom stereocenters. The first kappa shape index (κ1) is 26.0. The quantitative estimate of drug-likeness (QED) is 0.239. The molecular weight excluding hydrogens is 512 g/mol. The molecule has 6 nitrogen and oxygen atoms in total. The van der Waals surface area contributed by atoms with Gasteiger partial charge in [0, 0.05) is 28.4 Å². The summed E-state index contributed by atoms with van der Waals surface area (Å²) < 4.78 is 6.42. The molecule has 3 heterocycles. The molecule has 2 N–H and O–H groups in total. The number of rotatable bonds is 7. The zero-order chi connectivity index (χ0) is 26.8. The predicted molar refractivity (Wildman–Crippen MR) is 157 cm³/mol. The number of nitrogens with one attached hydrogen (secondary N) is 2. The molecule has 4 aromatic rings. The Morgan fingerprint density at radius 1 is 1.08 bits per heavy atom. The Kier molecular flexibility index (Phi) is 7.53. The van der Waals surface area contributed by atoms with Crippen LogP contribution in [0.5, 0.6) is 0 Å². The Balaban J connectivity index is 1.49. The summed E-state index contributed by atoms with van der Waals surface area (Å²) in [5.74, 6) is 0.679. The standard InChI is InChI=1S/C30H30N4O2S2/c1-18(2)29(35)32-23-13-10-21(17-20(23)4)34-28(27(33-30(34)37)24-7-5-6-16-31-24)25-14-15-26(36-25)38-22-11-8-19(3)9-12-22/h5-18,27-28H,1-4H3,(H,32,35)(H,33,37)/t27-,28+/m0/s1. The third-order valence-electron chi connectivity index (χ3n) is 6.50. The fraction of sp³-hybridized carbons (Fsp3) is 0.233. The van der Waals surface area contributed by atoms with Crippen molar-refractivity contribution >= 4 is 46.4 Å². The van der Waals surface area contributed by atoms with Crippen LogP contribution in [0.25, 0.3) is 0 Å². The van der Waals surface area contributed by atoms with Crippen LogP contribution in [0, 0.1) is 19.8 Å². The van der Waals surface area contributed by atoms with Crippen molar-refractivity contribution in [3.05, 3.63) is 102 Å². The van der Waals surface area contributed by atoms with Crippen LogP contribution in [0.3, 0.4) is 0 Å². The van der Waals surface area contributed by atoms with Gasteiger partial charge in [-0.15, -0.1) is 0 Å². The van der Waals surface area contributed by atoms with Crippen molar-refractivity contribution in [3.63, 3.8) is 0 Å². The number of anilines is 2. The normalized spacial score (nSPS) is 17.1. The molecule has 0 aliphatic carbocycles. The van der Waals surface area contributed by atoms with Gasteiger partial charge < -0.3 is 20.0 Å². The second-order valence-electron chi connectivity index (χ2n) is 9.71. The van der Waals surface area contributed by atoms with Crippen molar-refractivity contribution in [1.82, 2.24) is 10.3 Å². The molecule has 0 radical (unpaired) electrons. The molecule has 0 bridgehead atoms. The van der Waals surface area contributed by atoms with Gasteiger partial charge in [-0.1, -0.05) is 49.4 Å². The molecule has 1 amide bonds. The highest BCUT2D eigenvalue weighted by atomic mass is 32.2. The molecule has 38 heavy (non-hydrogen) atoms. The van der Waals surface area contributed by atoms with Crippen LogP contribution in [-0.2, 0) is 4.79 Å². The SMILES string of the molecule is Cc1ccc(Sc2ccc([C@@H]3[C@H](c4ccccn4)NC(=S)N3c3ccc(NC(=O)C(C)C)c(C)c3)o2)cc1. The number of pyridine rings is 1. The van der Waals surface area contributed by atoms with Crippen LogP contribution in [0.15, 0.2) is 93.4 Å². The van der Waals surface area contributed by atoms with Crippen molar-refractivity contribution in [3.8, 4) is 0 Å². The van der Waals surface area contributed by atoms with E-state index in [4.69, 9.17) is 16.6 Å². The van der Waals surface area contributed by atoms with E-state index < -0.39 is 0 Å². The highest BCUT2D eigenvalue weighted by molar-refractivity contribution is 7.99. The minimum Gasteiger partial charge on any atom is -0.452 e. The molecule has 1 fully saturated rings. The van der Waals surface area contributed by atoms with Gasteiger partial charge in [0.25, 0.3) is 0 Å². The van der Waals surface area contributed by atoms with E-state index in [1.54, 1.807) is 18.0 Å². The van der Waals surface area contributed by atoms with Gasteiger partial charge in [0.1, 0.15) is 11.8 Å². The molecule has 1 aliphatic rings. The van der Waals surface area contributed by atoms with E-state index in [1.165, 1.54) is 5.56 Å². The zero-order valence-electron chi connectivity index (χ0n) is 21.8. The van der Waals surface area contributed by atoms with E-state index in [2.05, 4.69) is 51.7 Å². The largest absolute Gasteiger partial charge is 0.452 e. The number of thiocarbonyl (C=S) groups is 1. The summed E-state index contributed by atoms with van der Waals surface area (Å²) in [6.45, 7) is 7.82. The van der Waals surface area contributed by atoms with Crippen molar-refractivity contribution in [2.24, 2.45) is 5.92 Å². The van der Waals surface area contributed by atoms with Crippen LogP contribution in [-0.4, -0.2) is 16.0 Å². The molecular formula is C30H30N4O2S2. The van der Waals surface area contributed by atoms with Crippen LogP contribution in [0.1, 0.15) is 48.5 Å². The lowest BCUT2D eigenvalue weighted by Gasteiger charge is -2.27. The smallest absolute Gasteiger partial charge is 0.226 e. The Labute approximate surface area is 232 Å². The second kappa shape index (κ2) is 11.0. The maximum absolute atomic E-state index is 12.3. The fourth-order valence-electron chi connectivity index (χ4n) is 4.41. The van der Waals surface area contributed by atoms with Gasteiger partial charge >= 0.3 is 0 Å². The van der Waals surface area contributed by atoms with Crippen molar-refractivity contribution in [1.29, 1.82) is 0 Å². The van der Waals surface area contributed by atoms with E-state index in [9.17, 15) is 4.79 Å². The summed E-state index contributed by atoms with van der Waals surface area (Å²) in [6, 6.07) is 23.8. The summed E-state index contributed by atoms with van der Waals surface area (Å²) in [5, 5.41) is 7.88. The third-order valence-corrected chi connectivity index (χ3v) is 7.74. The lowest BCUT2D eigenvalue weighted by atomic mass is 10.0. The third kappa shape index (κ3) is 5.47. The van der Waals surface area contributed by atoms with E-state index in [-0.39, 0.29) is 23.9 Å². The number of carbonyl (C=O) groups excluding carboxylic acids is 1. The second-order valence-corrected chi connectivity index (χ2v) is 11.2. The molecule has 194 valence electrons. The van der Waals surface area contributed by atoms with Gasteiger partial charge in [0.05, 0.1) is 11.7 Å². The summed E-state index contributed by atoms with van der Waals surface area (Å²) in [4.78, 5) is 20.1. The minimum atomic E-state index is -0.250. The van der Waals surface area contributed by atoms with Gasteiger partial charge in [0.2, 0.25) is 5.91 Å². The summed E-state index contributed by atoms with van der Waals surface area (Å²) in [7, 11) is 0. The van der Waals surface area contributed by atoms with Crippen LogP contribution < -0.4 is 15.5 Å². The zero-order valence-corrected chi connectivity index (χ0v) is 23.4. The Morgan fingerprint density at radius 2 is 1.87 bits per heavy atom. The summed E-state index contributed by atoms with van der Waals surface area (Å²) >= 11 is 7.44. The number of furan rings is 1. The van der Waals surface area contributed by atoms with E-state index in [0.29, 0.717) is 5.11 Å². The number of hydrogen-bond donors (Lipinski definition) is 2. The minimum absolute atomic E-state index is 0.0125. The number of hydrogen-bond acceptors (Lipinski definition) is 5. The van der Waals surface area contributed by atoms with Gasteiger partial charge in [-0.05, 0) is 86.2 Å². The maximum Gasteiger partial charge on any atom is 0.226 e. The number of carbonyl (C=O) groups is 1. The van der Waals surface area contributed by atoms with Crippen LogP contribution >= 0.6 is 24.0 Å². The van der Waals surface area contributed by atoms with Gasteiger partial charge in [-0.3, -0.25) is 9.78 Å². The lowest BCUT2D eigenvalue weighted by molar-refractivity contribution is -0.118. The first-order chi connectivity index (χ1) is 18.3. The average Bonchev–Trinajstić information content (AvgIpc) is 3.51. The Morgan fingerprint density at radius 3 is 2.55 bits per heavy atom. The molecule has 5 rings (SSSR count). The highest BCUT2D eigenvalue weighted by Crippen LogP contribution is 2.44. The van der Waals surface area contributed by atoms with E-state index >= 15 is 0 Å². The van der Waals surface area contributed by atoms with Crippen LogP contribution in [0.4, 0.5) is 11.4 Å². The van der Waals surface area contributed by atoms with E-state index in [1.807, 2.05) is 69.3 Å². The monoisotopic (exact) mass is 542 g/mol. The predicted octanol–water partition coefficient (Wildman–Crippen LogP) is 7.21. The molecule has 2 aromatic heterocycles. The maximum atomic E-state index is 12.3. The Bertz CT molecular complexity index is 1450. The molecule has 1 aliphatic heterocycles. The summed E-state index contributed by atoms with van der Waals surface area (Å²) in [5.41, 5.74) is 4.76. The average molecular weight is 543 g/mol. The van der Waals surface area contributed by atoms with E-state index in [0.717, 1.165) is 38.4 Å². The highest BCUT2D eigenvalue weighted by Gasteiger charge is 2.42. The van der Waals surface area contributed by atoms with Crippen LogP contribution in [0.2, 0.25) is 0 Å². The van der Waals surface area contributed by atoms with Gasteiger partial charge in [-0.2, -0.15) is 0 Å².